The van der Waals surface area contributed by atoms with Crippen LogP contribution in [0.2, 0.25) is 0 Å². The number of aryl methyl sites for hydroxylation is 1. The summed E-state index contributed by atoms with van der Waals surface area (Å²) in [5.41, 5.74) is 0.433. The van der Waals surface area contributed by atoms with Crippen LogP contribution in [-0.2, 0) is 7.05 Å². The average Bonchev–Trinajstić information content (AvgIpc) is 2.10. The van der Waals surface area contributed by atoms with Crippen LogP contribution in [0.1, 0.15) is 25.5 Å². The van der Waals surface area contributed by atoms with Gasteiger partial charge in [0.2, 0.25) is 0 Å². The van der Waals surface area contributed by atoms with Crippen LogP contribution in [0.4, 0.5) is 4.39 Å². The van der Waals surface area contributed by atoms with Crippen LogP contribution in [0.25, 0.3) is 0 Å². The Morgan fingerprint density at radius 1 is 1.40 bits per heavy atom. The van der Waals surface area contributed by atoms with Gasteiger partial charge in [-0.2, -0.15) is 14.3 Å². The zero-order chi connectivity index (χ0) is 7.72. The molecular formula is C6H10FN3. The summed E-state index contributed by atoms with van der Waals surface area (Å²) in [7, 11) is 1.61. The van der Waals surface area contributed by atoms with Gasteiger partial charge in [0, 0.05) is 13.0 Å². The smallest absolute Gasteiger partial charge is 0.185 e. The maximum absolute atomic E-state index is 12.7. The minimum absolute atomic E-state index is 0.105. The lowest BCUT2D eigenvalue weighted by Crippen LogP contribution is -1.94. The molecule has 1 rings (SSSR count). The number of rotatable bonds is 1. The van der Waals surface area contributed by atoms with Crippen molar-refractivity contribution in [2.75, 3.05) is 0 Å². The predicted octanol–water partition coefficient (Wildman–Crippen LogP) is 1.08. The molecule has 0 saturated carbocycles. The van der Waals surface area contributed by atoms with E-state index in [2.05, 4.69) is 10.2 Å². The van der Waals surface area contributed by atoms with Crippen molar-refractivity contribution in [3.8, 4) is 0 Å². The first-order valence-electron chi connectivity index (χ1n) is 3.18. The van der Waals surface area contributed by atoms with Crippen molar-refractivity contribution in [1.29, 1.82) is 0 Å². The van der Waals surface area contributed by atoms with Gasteiger partial charge < -0.3 is 0 Å². The zero-order valence-corrected chi connectivity index (χ0v) is 6.30. The van der Waals surface area contributed by atoms with Crippen molar-refractivity contribution in [2.45, 2.75) is 19.8 Å². The van der Waals surface area contributed by atoms with Crippen LogP contribution < -0.4 is 0 Å². The van der Waals surface area contributed by atoms with Crippen molar-refractivity contribution in [2.24, 2.45) is 7.05 Å². The minimum Gasteiger partial charge on any atom is -0.185 e. The molecular weight excluding hydrogens is 133 g/mol. The Morgan fingerprint density at radius 2 is 2.00 bits per heavy atom. The highest BCUT2D eigenvalue weighted by atomic mass is 19.1. The quantitative estimate of drug-likeness (QED) is 0.589. The van der Waals surface area contributed by atoms with E-state index >= 15 is 0 Å². The molecule has 56 valence electrons. The summed E-state index contributed by atoms with van der Waals surface area (Å²) in [6.45, 7) is 3.76. The van der Waals surface area contributed by atoms with Gasteiger partial charge in [0.1, 0.15) is 5.69 Å². The molecule has 0 atom stereocenters. The van der Waals surface area contributed by atoms with Gasteiger partial charge in [-0.05, 0) is 0 Å². The van der Waals surface area contributed by atoms with Crippen LogP contribution in [0.5, 0.6) is 0 Å². The van der Waals surface area contributed by atoms with Gasteiger partial charge in [0.25, 0.3) is 5.95 Å². The molecule has 1 aromatic heterocycles. The van der Waals surface area contributed by atoms with Gasteiger partial charge in [0.05, 0.1) is 0 Å². The molecule has 1 aromatic rings. The number of halogens is 1. The average molecular weight is 143 g/mol. The summed E-state index contributed by atoms with van der Waals surface area (Å²) >= 11 is 0. The predicted molar refractivity (Wildman–Crippen MR) is 35.0 cm³/mol. The third-order valence-electron chi connectivity index (χ3n) is 1.24. The molecule has 0 aliphatic heterocycles. The van der Waals surface area contributed by atoms with Gasteiger partial charge in [-0.15, -0.1) is 5.10 Å². The van der Waals surface area contributed by atoms with Crippen molar-refractivity contribution in [3.05, 3.63) is 11.6 Å². The zero-order valence-electron chi connectivity index (χ0n) is 6.30. The molecule has 3 nitrogen and oxygen atoms in total. The number of aromatic nitrogens is 3. The molecule has 0 aliphatic rings. The Balaban J connectivity index is 3.03. The molecule has 0 radical (unpaired) electrons. The SMILES string of the molecule is CC(C)c1nn(C)nc1F. The van der Waals surface area contributed by atoms with E-state index in [1.54, 1.807) is 7.05 Å². The standard InChI is InChI=1S/C6H10FN3/c1-4(2)5-6(7)9-10(3)8-5/h4H,1-3H3. The van der Waals surface area contributed by atoms with E-state index in [4.69, 9.17) is 0 Å². The highest BCUT2D eigenvalue weighted by Crippen LogP contribution is 2.12. The minimum atomic E-state index is -0.461. The lowest BCUT2D eigenvalue weighted by Gasteiger charge is -1.94. The molecule has 0 unspecified atom stereocenters. The summed E-state index contributed by atoms with van der Waals surface area (Å²) in [6.07, 6.45) is 0. The highest BCUT2D eigenvalue weighted by molar-refractivity contribution is 5.00. The summed E-state index contributed by atoms with van der Waals surface area (Å²) < 4.78 is 12.7. The second-order valence-corrected chi connectivity index (χ2v) is 2.52. The Hall–Kier alpha value is -0.930. The Bertz CT molecular complexity index is 229. The molecule has 0 amide bonds. The molecule has 0 saturated heterocycles. The molecule has 0 aromatic carbocycles. The highest BCUT2D eigenvalue weighted by Gasteiger charge is 2.11. The first kappa shape index (κ1) is 7.18. The third kappa shape index (κ3) is 1.15. The number of hydrogen-bond acceptors (Lipinski definition) is 2. The second kappa shape index (κ2) is 2.36. The van der Waals surface area contributed by atoms with E-state index < -0.39 is 5.95 Å². The Morgan fingerprint density at radius 3 is 2.20 bits per heavy atom. The lowest BCUT2D eigenvalue weighted by atomic mass is 10.1. The van der Waals surface area contributed by atoms with E-state index in [9.17, 15) is 4.39 Å². The largest absolute Gasteiger partial charge is 0.256 e. The number of hydrogen-bond donors (Lipinski definition) is 0. The maximum Gasteiger partial charge on any atom is 0.256 e. The molecule has 1 heterocycles. The van der Waals surface area contributed by atoms with Crippen LogP contribution in [0.3, 0.4) is 0 Å². The van der Waals surface area contributed by atoms with Crippen LogP contribution >= 0.6 is 0 Å². The second-order valence-electron chi connectivity index (χ2n) is 2.52. The molecule has 0 N–H and O–H groups in total. The van der Waals surface area contributed by atoms with Gasteiger partial charge in [-0.3, -0.25) is 0 Å². The topological polar surface area (TPSA) is 30.7 Å². The van der Waals surface area contributed by atoms with E-state index in [1.165, 1.54) is 4.80 Å². The van der Waals surface area contributed by atoms with Crippen LogP contribution in [-0.4, -0.2) is 15.0 Å². The fourth-order valence-corrected chi connectivity index (χ4v) is 0.752. The first-order valence-corrected chi connectivity index (χ1v) is 3.18. The summed E-state index contributed by atoms with van der Waals surface area (Å²) in [5, 5.41) is 7.31. The van der Waals surface area contributed by atoms with Crippen molar-refractivity contribution in [3.63, 3.8) is 0 Å². The lowest BCUT2D eigenvalue weighted by molar-refractivity contribution is 0.535. The van der Waals surface area contributed by atoms with Crippen molar-refractivity contribution < 1.29 is 4.39 Å². The number of nitrogens with zero attached hydrogens (tertiary/aromatic N) is 3. The maximum atomic E-state index is 12.7. The summed E-state index contributed by atoms with van der Waals surface area (Å²) in [5.74, 6) is -0.355. The summed E-state index contributed by atoms with van der Waals surface area (Å²) in [6, 6.07) is 0. The molecule has 4 heteroatoms. The van der Waals surface area contributed by atoms with Gasteiger partial charge >= 0.3 is 0 Å². The Labute approximate surface area is 58.9 Å². The third-order valence-corrected chi connectivity index (χ3v) is 1.24. The van der Waals surface area contributed by atoms with Crippen LogP contribution in [0.15, 0.2) is 0 Å². The van der Waals surface area contributed by atoms with E-state index in [1.807, 2.05) is 13.8 Å². The van der Waals surface area contributed by atoms with Gasteiger partial charge in [-0.25, -0.2) is 0 Å². The van der Waals surface area contributed by atoms with Gasteiger partial charge in [-0.1, -0.05) is 13.8 Å². The fourth-order valence-electron chi connectivity index (χ4n) is 0.752. The van der Waals surface area contributed by atoms with Crippen LogP contribution in [0, 0.1) is 5.95 Å². The van der Waals surface area contributed by atoms with Gasteiger partial charge in [0.15, 0.2) is 0 Å². The Kier molecular flexibility index (Phi) is 1.70. The molecule has 0 fully saturated rings. The monoisotopic (exact) mass is 143 g/mol. The molecule has 0 spiro atoms. The van der Waals surface area contributed by atoms with E-state index in [0.717, 1.165) is 0 Å². The van der Waals surface area contributed by atoms with Crippen molar-refractivity contribution >= 4 is 0 Å². The molecule has 0 bridgehead atoms. The van der Waals surface area contributed by atoms with E-state index in [0.29, 0.717) is 5.69 Å². The molecule has 0 aliphatic carbocycles. The van der Waals surface area contributed by atoms with Crippen molar-refractivity contribution in [1.82, 2.24) is 15.0 Å². The molecule has 10 heavy (non-hydrogen) atoms. The van der Waals surface area contributed by atoms with E-state index in [-0.39, 0.29) is 5.92 Å². The first-order chi connectivity index (χ1) is 4.61. The summed E-state index contributed by atoms with van der Waals surface area (Å²) in [4.78, 5) is 1.24. The normalized spacial score (nSPS) is 10.9. The fraction of sp³-hybridized carbons (Fsp3) is 0.667.